The molecule has 0 fully saturated rings. The van der Waals surface area contributed by atoms with E-state index in [0.717, 1.165) is 5.56 Å². The lowest BCUT2D eigenvalue weighted by molar-refractivity contribution is -0.156. The first-order chi connectivity index (χ1) is 8.80. The molecular formula is C13H14N2O3. The Bertz CT molecular complexity index is 518. The van der Waals surface area contributed by atoms with Crippen LogP contribution in [-0.2, 0) is 9.47 Å². The van der Waals surface area contributed by atoms with Crippen molar-refractivity contribution >= 4 is 6.29 Å². The predicted molar refractivity (Wildman–Crippen MR) is 66.1 cm³/mol. The highest BCUT2D eigenvalue weighted by molar-refractivity contribution is 5.72. The van der Waals surface area contributed by atoms with Gasteiger partial charge in [0.15, 0.2) is 12.1 Å². The van der Waals surface area contributed by atoms with Crippen LogP contribution in [0.25, 0.3) is 11.3 Å². The van der Waals surface area contributed by atoms with Gasteiger partial charge < -0.3 is 9.47 Å². The molecule has 2 aromatic rings. The van der Waals surface area contributed by atoms with Gasteiger partial charge in [-0.05, 0) is 0 Å². The number of hydrogen-bond acceptors (Lipinski definition) is 4. The minimum atomic E-state index is -0.657. The molecule has 5 nitrogen and oxygen atoms in total. The van der Waals surface area contributed by atoms with Crippen molar-refractivity contribution in [3.05, 3.63) is 42.4 Å². The lowest BCUT2D eigenvalue weighted by Gasteiger charge is -2.15. The van der Waals surface area contributed by atoms with E-state index < -0.39 is 6.41 Å². The molecule has 0 N–H and O–H groups in total. The summed E-state index contributed by atoms with van der Waals surface area (Å²) in [5.41, 5.74) is 1.64. The number of imidazole rings is 1. The predicted octanol–water partition coefficient (Wildman–Crippen LogP) is 2.11. The first-order valence-corrected chi connectivity index (χ1v) is 5.45. The highest BCUT2D eigenvalue weighted by Gasteiger charge is 2.15. The third kappa shape index (κ3) is 2.32. The first kappa shape index (κ1) is 12.5. The second kappa shape index (κ2) is 5.57. The summed E-state index contributed by atoms with van der Waals surface area (Å²) in [6.07, 6.45) is 1.75. The van der Waals surface area contributed by atoms with Gasteiger partial charge >= 0.3 is 0 Å². The summed E-state index contributed by atoms with van der Waals surface area (Å²) in [6.45, 7) is 0. The van der Waals surface area contributed by atoms with E-state index in [2.05, 4.69) is 4.98 Å². The molecule has 18 heavy (non-hydrogen) atoms. The molecule has 1 aromatic carbocycles. The maximum Gasteiger partial charge on any atom is 0.245 e. The van der Waals surface area contributed by atoms with Gasteiger partial charge in [0, 0.05) is 26.0 Å². The minimum absolute atomic E-state index is 0.266. The average molecular weight is 246 g/mol. The Morgan fingerprint density at radius 3 is 2.44 bits per heavy atom. The molecule has 0 radical (unpaired) electrons. The van der Waals surface area contributed by atoms with E-state index in [0.29, 0.717) is 12.0 Å². The quantitative estimate of drug-likeness (QED) is 0.599. The first-order valence-electron chi connectivity index (χ1n) is 5.45. The molecule has 0 saturated heterocycles. The van der Waals surface area contributed by atoms with E-state index in [9.17, 15) is 4.79 Å². The van der Waals surface area contributed by atoms with Gasteiger partial charge in [0.2, 0.25) is 6.41 Å². The maximum atomic E-state index is 11.0. The largest absolute Gasteiger partial charge is 0.338 e. The smallest absolute Gasteiger partial charge is 0.245 e. The number of nitrogens with zero attached hydrogens (tertiary/aromatic N) is 2. The van der Waals surface area contributed by atoms with Crippen molar-refractivity contribution < 1.29 is 14.3 Å². The fraction of sp³-hybridized carbons (Fsp3) is 0.231. The molecule has 5 heteroatoms. The van der Waals surface area contributed by atoms with Crippen LogP contribution < -0.4 is 0 Å². The average Bonchev–Trinajstić information content (AvgIpc) is 2.85. The molecular weight excluding hydrogens is 232 g/mol. The van der Waals surface area contributed by atoms with Crippen LogP contribution in [0.5, 0.6) is 0 Å². The van der Waals surface area contributed by atoms with Crippen LogP contribution in [0.15, 0.2) is 36.5 Å². The topological polar surface area (TPSA) is 53.4 Å². The standard InChI is InChI=1S/C13H14N2O3/c1-17-13(18-2)15-8-11(14-12(15)9-16)10-6-4-3-5-7-10/h3-9,13H,1-2H3. The molecule has 0 unspecified atom stereocenters. The van der Waals surface area contributed by atoms with Gasteiger partial charge in [-0.1, -0.05) is 30.3 Å². The molecule has 0 bridgehead atoms. The molecule has 1 aromatic heterocycles. The van der Waals surface area contributed by atoms with Crippen molar-refractivity contribution in [1.82, 2.24) is 9.55 Å². The number of ether oxygens (including phenoxy) is 2. The van der Waals surface area contributed by atoms with Crippen LogP contribution in [0, 0.1) is 0 Å². The molecule has 1 heterocycles. The van der Waals surface area contributed by atoms with Crippen molar-refractivity contribution in [2.45, 2.75) is 6.41 Å². The Morgan fingerprint density at radius 1 is 1.22 bits per heavy atom. The highest BCUT2D eigenvalue weighted by atomic mass is 16.7. The van der Waals surface area contributed by atoms with E-state index in [-0.39, 0.29) is 5.82 Å². The Balaban J connectivity index is 2.44. The van der Waals surface area contributed by atoms with Gasteiger partial charge in [-0.3, -0.25) is 9.36 Å². The summed E-state index contributed by atoms with van der Waals surface area (Å²) >= 11 is 0. The van der Waals surface area contributed by atoms with Crippen molar-refractivity contribution in [3.63, 3.8) is 0 Å². The van der Waals surface area contributed by atoms with Gasteiger partial charge in [-0.2, -0.15) is 0 Å². The summed E-state index contributed by atoms with van der Waals surface area (Å²) in [6, 6.07) is 9.61. The second-order valence-electron chi connectivity index (χ2n) is 3.65. The Kier molecular flexibility index (Phi) is 3.86. The molecule has 0 aliphatic heterocycles. The SMILES string of the molecule is COC(OC)n1cc(-c2ccccc2)nc1C=O. The Hall–Kier alpha value is -1.98. The molecule has 0 atom stereocenters. The van der Waals surface area contributed by atoms with Crippen molar-refractivity contribution in [2.24, 2.45) is 0 Å². The number of carbonyl (C=O) groups excluding carboxylic acids is 1. The zero-order valence-corrected chi connectivity index (χ0v) is 10.2. The molecule has 0 aliphatic carbocycles. The molecule has 0 aliphatic rings. The van der Waals surface area contributed by atoms with Crippen LogP contribution in [0.3, 0.4) is 0 Å². The number of hydrogen-bond donors (Lipinski definition) is 0. The number of aromatic nitrogens is 2. The van der Waals surface area contributed by atoms with Crippen molar-refractivity contribution in [2.75, 3.05) is 14.2 Å². The fourth-order valence-corrected chi connectivity index (χ4v) is 1.74. The van der Waals surface area contributed by atoms with E-state index in [1.807, 2.05) is 30.3 Å². The normalized spacial score (nSPS) is 10.8. The van der Waals surface area contributed by atoms with Gasteiger partial charge in [-0.25, -0.2) is 4.98 Å². The van der Waals surface area contributed by atoms with Crippen molar-refractivity contribution in [1.29, 1.82) is 0 Å². The third-order valence-electron chi connectivity index (χ3n) is 2.57. The summed E-state index contributed by atoms with van der Waals surface area (Å²) in [4.78, 5) is 15.3. The van der Waals surface area contributed by atoms with Crippen LogP contribution in [0.2, 0.25) is 0 Å². The minimum Gasteiger partial charge on any atom is -0.338 e. The van der Waals surface area contributed by atoms with Gasteiger partial charge in [0.05, 0.1) is 5.69 Å². The van der Waals surface area contributed by atoms with E-state index in [1.165, 1.54) is 14.2 Å². The van der Waals surface area contributed by atoms with E-state index >= 15 is 0 Å². The van der Waals surface area contributed by atoms with Gasteiger partial charge in [0.1, 0.15) is 0 Å². The molecule has 0 spiro atoms. The number of methoxy groups -OCH3 is 2. The van der Waals surface area contributed by atoms with Gasteiger partial charge in [0.25, 0.3) is 0 Å². The number of carbonyl (C=O) groups is 1. The highest BCUT2D eigenvalue weighted by Crippen LogP contribution is 2.21. The lowest BCUT2D eigenvalue weighted by Crippen LogP contribution is -2.14. The monoisotopic (exact) mass is 246 g/mol. The lowest BCUT2D eigenvalue weighted by atomic mass is 10.2. The summed E-state index contributed by atoms with van der Waals surface area (Å²) in [5.74, 6) is 0.266. The summed E-state index contributed by atoms with van der Waals surface area (Å²) in [5, 5.41) is 0. The maximum absolute atomic E-state index is 11.0. The Labute approximate surface area is 105 Å². The fourth-order valence-electron chi connectivity index (χ4n) is 1.74. The third-order valence-corrected chi connectivity index (χ3v) is 2.57. The summed E-state index contributed by atoms with van der Waals surface area (Å²) < 4.78 is 11.8. The number of benzene rings is 1. The van der Waals surface area contributed by atoms with Gasteiger partial charge in [-0.15, -0.1) is 0 Å². The molecule has 0 amide bonds. The van der Waals surface area contributed by atoms with Crippen LogP contribution in [-0.4, -0.2) is 30.1 Å². The zero-order chi connectivity index (χ0) is 13.0. The zero-order valence-electron chi connectivity index (χ0n) is 10.2. The second-order valence-corrected chi connectivity index (χ2v) is 3.65. The van der Waals surface area contributed by atoms with Crippen LogP contribution in [0.1, 0.15) is 17.0 Å². The van der Waals surface area contributed by atoms with Crippen LogP contribution in [0.4, 0.5) is 0 Å². The van der Waals surface area contributed by atoms with E-state index in [1.54, 1.807) is 10.8 Å². The molecule has 0 saturated carbocycles. The van der Waals surface area contributed by atoms with Crippen LogP contribution >= 0.6 is 0 Å². The van der Waals surface area contributed by atoms with Crippen molar-refractivity contribution in [3.8, 4) is 11.3 Å². The number of aldehydes is 1. The van der Waals surface area contributed by atoms with E-state index in [4.69, 9.17) is 9.47 Å². The Morgan fingerprint density at radius 2 is 1.89 bits per heavy atom. The summed E-state index contributed by atoms with van der Waals surface area (Å²) in [7, 11) is 3.01. The number of rotatable bonds is 5. The molecule has 94 valence electrons. The molecule has 2 rings (SSSR count).